The Labute approximate surface area is 421 Å². The summed E-state index contributed by atoms with van der Waals surface area (Å²) in [5, 5.41) is 0. The Balaban J connectivity index is 0.00000518. The summed E-state index contributed by atoms with van der Waals surface area (Å²) >= 11 is 0. The van der Waals surface area contributed by atoms with E-state index in [1.54, 1.807) is 12.1 Å². The molecule has 0 bridgehead atoms. The van der Waals surface area contributed by atoms with Crippen molar-refractivity contribution in [1.29, 1.82) is 0 Å². The number of anilines is 1. The van der Waals surface area contributed by atoms with Gasteiger partial charge >= 0.3 is 29.6 Å². The van der Waals surface area contributed by atoms with Gasteiger partial charge in [-0.2, -0.15) is 46.7 Å². The molecule has 0 unspecified atom stereocenters. The first kappa shape index (κ1) is 55.4. The van der Waals surface area contributed by atoms with E-state index in [4.69, 9.17) is 4.74 Å². The van der Waals surface area contributed by atoms with Crippen molar-refractivity contribution in [2.24, 2.45) is 0 Å². The van der Waals surface area contributed by atoms with Crippen LogP contribution in [0.3, 0.4) is 0 Å². The largest absolute Gasteiger partial charge is 1.00 e. The van der Waals surface area contributed by atoms with E-state index < -0.39 is 72.9 Å². The van der Waals surface area contributed by atoms with Crippen LogP contribution < -0.4 is 39.2 Å². The van der Waals surface area contributed by atoms with Gasteiger partial charge in [0.25, 0.3) is 50.6 Å². The summed E-state index contributed by atoms with van der Waals surface area (Å²) in [7, 11) is -22.1. The van der Waals surface area contributed by atoms with Gasteiger partial charge in [-0.05, 0) is 136 Å². The van der Waals surface area contributed by atoms with Crippen molar-refractivity contribution in [3.8, 4) is 5.75 Å². The fourth-order valence-electron chi connectivity index (χ4n) is 8.73. The molecule has 3 aliphatic rings. The van der Waals surface area contributed by atoms with Gasteiger partial charge in [-0.15, -0.1) is 0 Å². The number of ether oxygens (including phenoxy) is 1. The predicted molar refractivity (Wildman–Crippen MR) is 251 cm³/mol. The van der Waals surface area contributed by atoms with Crippen molar-refractivity contribution in [2.75, 3.05) is 29.5 Å². The number of nitrogens with zero attached hydrogens (tertiary/aromatic N) is 2. The minimum Gasteiger partial charge on any atom is -1.00 e. The Morgan fingerprint density at radius 3 is 1.76 bits per heavy atom. The summed E-state index contributed by atoms with van der Waals surface area (Å²) in [5.41, 5.74) is 3.39. The molecular weight excluding hydrogens is 996 g/mol. The summed E-state index contributed by atoms with van der Waals surface area (Å²) in [5.74, 6) is -0.313. The van der Waals surface area contributed by atoms with Gasteiger partial charge in [-0.3, -0.25) is 22.8 Å². The van der Waals surface area contributed by atoms with E-state index in [0.29, 0.717) is 82.9 Å². The van der Waals surface area contributed by atoms with Crippen LogP contribution in [-0.4, -0.2) is 99.7 Å². The zero-order valence-corrected chi connectivity index (χ0v) is 44.1. The van der Waals surface area contributed by atoms with Gasteiger partial charge < -0.3 is 11.1 Å². The third kappa shape index (κ3) is 13.0. The Morgan fingerprint density at radius 1 is 0.647 bits per heavy atom. The molecule has 68 heavy (non-hydrogen) atoms. The molecule has 0 atom stereocenters. The minimum atomic E-state index is -4.58. The fourth-order valence-corrected chi connectivity index (χ4v) is 11.4. The monoisotopic (exact) mass is 1050 g/mol. The third-order valence-electron chi connectivity index (χ3n) is 12.1. The van der Waals surface area contributed by atoms with E-state index in [0.717, 1.165) is 0 Å². The van der Waals surface area contributed by atoms with Gasteiger partial charge in [0, 0.05) is 47.5 Å². The molecular formula is C44H54N2NaO16S5+. The van der Waals surface area contributed by atoms with Crippen LogP contribution in [0.25, 0.3) is 0 Å². The molecule has 18 nitrogen and oxygen atoms in total. The average molecular weight is 1050 g/mol. The second kappa shape index (κ2) is 20.7. The summed E-state index contributed by atoms with van der Waals surface area (Å²) in [6.45, 7) is 8.02. The second-order valence-electron chi connectivity index (χ2n) is 17.6. The first-order valence-electron chi connectivity index (χ1n) is 21.0. The average Bonchev–Trinajstić information content (AvgIpc) is 3.55. The van der Waals surface area contributed by atoms with Gasteiger partial charge in [-0.1, -0.05) is 19.9 Å². The van der Waals surface area contributed by atoms with Crippen molar-refractivity contribution in [2.45, 2.75) is 98.2 Å². The number of allylic oxidation sites excluding steroid dienone is 7. The molecule has 3 aromatic rings. The van der Waals surface area contributed by atoms with Gasteiger partial charge in [-0.25, -0.2) is 0 Å². The molecule has 0 radical (unpaired) electrons. The van der Waals surface area contributed by atoms with Crippen molar-refractivity contribution in [3.05, 3.63) is 119 Å². The number of hydrogen-bond acceptors (Lipinski definition) is 12. The van der Waals surface area contributed by atoms with Crippen molar-refractivity contribution >= 4 is 67.7 Å². The van der Waals surface area contributed by atoms with Gasteiger partial charge in [0.1, 0.15) is 18.1 Å². The summed E-state index contributed by atoms with van der Waals surface area (Å²) in [4.78, 5) is 0.938. The number of fused-ring (bicyclic) bond motifs is 2. The van der Waals surface area contributed by atoms with Crippen LogP contribution >= 0.6 is 0 Å². The Kier molecular flexibility index (Phi) is 16.8. The van der Waals surface area contributed by atoms with E-state index in [1.807, 2.05) is 61.5 Å². The van der Waals surface area contributed by atoms with Gasteiger partial charge in [0.05, 0.1) is 31.6 Å². The maximum absolute atomic E-state index is 12.2. The molecule has 0 spiro atoms. The molecule has 366 valence electrons. The van der Waals surface area contributed by atoms with Crippen LogP contribution in [0, 0.1) is 0 Å². The third-order valence-corrected chi connectivity index (χ3v) is 16.3. The molecule has 0 amide bonds. The fraction of sp³-hybridized carbons (Fsp3) is 0.386. The van der Waals surface area contributed by atoms with Gasteiger partial charge in [0.2, 0.25) is 5.69 Å². The smallest absolute Gasteiger partial charge is 1.00 e. The molecule has 3 aromatic carbocycles. The molecule has 1 aliphatic carbocycles. The predicted octanol–water partition coefficient (Wildman–Crippen LogP) is 3.94. The molecule has 2 aliphatic heterocycles. The molecule has 0 fully saturated rings. The maximum Gasteiger partial charge on any atom is 1.00 e. The summed E-state index contributed by atoms with van der Waals surface area (Å²) in [6, 6.07) is 13.6. The SMILES string of the molecule is CC1(C)C(/C=C/C2=C(Oc3ccc(S(=O)(=O)O)cc3)C(=C/C=C3/N(CCCCS(=O)(=O)O)c4ccc(S(=O)(=O)O)cc4C3(C)C)/CCC2)=[N+](CCCCS(=O)(=O)O)c2ccc(S(=O)(=O)O)cc21.[H-].[Na+]. The standard InChI is InChI=1S/C44H52N2O16S5.Na.H/c1-43(2)36-28-34(66(56,57)58)18-20-38(36)45(24-5-7-26-63(47,48)49)40(43)22-12-30-10-9-11-31(42(30)62-32-14-16-33(17-15-32)65(53,54)55)13-23-41-44(3,4)37-29-35(67(59,60)61)19-21-39(37)46(41)25-6-8-27-64(50,51)52;;/h12-23,28-29H,5-11,24-27H2,1-4H3,(H4-,47,48,49,50,51,52,53,54,55,56,57,58,59,60,61);;/q;+1;-1/p+1. The first-order valence-corrected chi connectivity index (χ1v) is 28.6. The van der Waals surface area contributed by atoms with Crippen molar-refractivity contribution < 1.29 is 105 Å². The number of rotatable bonds is 18. The second-order valence-corrected chi connectivity index (χ2v) is 25.0. The maximum atomic E-state index is 12.2. The van der Waals surface area contributed by atoms with E-state index in [-0.39, 0.29) is 77.4 Å². The van der Waals surface area contributed by atoms with E-state index in [1.165, 1.54) is 48.5 Å². The van der Waals surface area contributed by atoms with Crippen LogP contribution in [0.1, 0.15) is 85.2 Å². The normalized spacial score (nSPS) is 18.6. The zero-order chi connectivity index (χ0) is 49.5. The van der Waals surface area contributed by atoms with Gasteiger partial charge in [0.15, 0.2) is 5.71 Å². The van der Waals surface area contributed by atoms with Crippen molar-refractivity contribution in [3.63, 3.8) is 0 Å². The van der Waals surface area contributed by atoms with E-state index >= 15 is 0 Å². The van der Waals surface area contributed by atoms with Crippen LogP contribution in [0.4, 0.5) is 11.4 Å². The number of hydrogen-bond donors (Lipinski definition) is 5. The molecule has 6 rings (SSSR count). The molecule has 24 heteroatoms. The van der Waals surface area contributed by atoms with Crippen LogP contribution in [0.5, 0.6) is 5.75 Å². The van der Waals surface area contributed by atoms with E-state index in [2.05, 4.69) is 0 Å². The Bertz CT molecular complexity index is 3220. The molecule has 0 saturated carbocycles. The number of benzene rings is 3. The van der Waals surface area contributed by atoms with Crippen LogP contribution in [0.15, 0.2) is 122 Å². The summed E-state index contributed by atoms with van der Waals surface area (Å²) in [6.07, 6.45) is 9.85. The molecule has 2 heterocycles. The Morgan fingerprint density at radius 2 is 1.19 bits per heavy atom. The minimum absolute atomic E-state index is 0. The quantitative estimate of drug-likeness (QED) is 0.0522. The molecule has 0 saturated heterocycles. The summed E-state index contributed by atoms with van der Waals surface area (Å²) < 4.78 is 175. The topological polar surface area (TPSA) is 287 Å². The number of unbranched alkanes of at least 4 members (excludes halogenated alkanes) is 2. The van der Waals surface area contributed by atoms with E-state index in [9.17, 15) is 64.9 Å². The molecule has 5 N–H and O–H groups in total. The van der Waals surface area contributed by atoms with Crippen LogP contribution in [-0.2, 0) is 61.4 Å². The van der Waals surface area contributed by atoms with Crippen molar-refractivity contribution in [1.82, 2.24) is 0 Å². The first-order chi connectivity index (χ1) is 30.9. The Hall–Kier alpha value is -3.56. The molecule has 0 aromatic heterocycles. The zero-order valence-electron chi connectivity index (χ0n) is 39.0. The van der Waals surface area contributed by atoms with Crippen LogP contribution in [0.2, 0.25) is 0 Å².